The van der Waals surface area contributed by atoms with Crippen LogP contribution in [0.5, 0.6) is 0 Å². The van der Waals surface area contributed by atoms with Gasteiger partial charge in [0.25, 0.3) is 0 Å². The van der Waals surface area contributed by atoms with Gasteiger partial charge in [-0.2, -0.15) is 0 Å². The summed E-state index contributed by atoms with van der Waals surface area (Å²) in [6, 6.07) is 81.0. The van der Waals surface area contributed by atoms with E-state index in [1.807, 2.05) is 36.4 Å². The van der Waals surface area contributed by atoms with Crippen molar-refractivity contribution in [3.8, 4) is 67.5 Å². The second kappa shape index (κ2) is 15.4. The van der Waals surface area contributed by atoms with Gasteiger partial charge in [0.1, 0.15) is 0 Å². The Balaban J connectivity index is 1.04. The molecule has 0 unspecified atom stereocenters. The quantitative estimate of drug-likeness (QED) is 0.123. The van der Waals surface area contributed by atoms with Gasteiger partial charge >= 0.3 is 372 Å². The summed E-state index contributed by atoms with van der Waals surface area (Å²) in [7, 11) is 0. The van der Waals surface area contributed by atoms with Gasteiger partial charge in [0.05, 0.1) is 0 Å². The Bertz CT molecular complexity index is 3820. The molecular weight excluding hydrogens is 854 g/mol. The van der Waals surface area contributed by atoms with Crippen LogP contribution < -0.4 is 0 Å². The van der Waals surface area contributed by atoms with Crippen molar-refractivity contribution in [1.29, 1.82) is 0 Å². The fourth-order valence-electron chi connectivity index (χ4n) is 10.1. The molecule has 0 aliphatic heterocycles. The second-order valence-corrected chi connectivity index (χ2v) is 18.8. The first kappa shape index (κ1) is 37.5. The molecular formula is C61H37N3Se. The third-order valence-electron chi connectivity index (χ3n) is 12.9. The molecule has 3 nitrogen and oxygen atoms in total. The van der Waals surface area contributed by atoms with E-state index in [0.717, 1.165) is 27.5 Å². The topological polar surface area (TPSA) is 38.7 Å². The van der Waals surface area contributed by atoms with Gasteiger partial charge in [-0.1, -0.05) is 12.1 Å². The molecule has 4 heteroatoms. The average molecular weight is 891 g/mol. The van der Waals surface area contributed by atoms with Crippen molar-refractivity contribution in [2.75, 3.05) is 0 Å². The van der Waals surface area contributed by atoms with E-state index in [2.05, 4.69) is 188 Å². The molecule has 0 saturated heterocycles. The molecule has 0 radical (unpaired) electrons. The van der Waals surface area contributed by atoms with Crippen molar-refractivity contribution in [2.45, 2.75) is 0 Å². The van der Waals surface area contributed by atoms with Crippen molar-refractivity contribution in [3.63, 3.8) is 0 Å². The monoisotopic (exact) mass is 891 g/mol. The Hall–Kier alpha value is -8.01. The van der Waals surface area contributed by atoms with E-state index in [-0.39, 0.29) is 14.5 Å². The van der Waals surface area contributed by atoms with Gasteiger partial charge in [-0.05, 0) is 0 Å². The summed E-state index contributed by atoms with van der Waals surface area (Å²) in [5, 5.41) is 12.3. The SMILES string of the molecule is c1ccc(-c2nc(-c3ccccc3)nc(-c3c4ccccc4c(-c4cccc5c4[se]c4ccc(-c6c7ccccc7c(-c7ccccc7)c7ccccc67)cc45)c4ccccc34)n2)cc1. The summed E-state index contributed by atoms with van der Waals surface area (Å²) in [5.74, 6) is 1.97. The van der Waals surface area contributed by atoms with Crippen LogP contribution in [0.4, 0.5) is 0 Å². The Morgan fingerprint density at radius 1 is 0.246 bits per heavy atom. The van der Waals surface area contributed by atoms with Crippen molar-refractivity contribution < 1.29 is 0 Å². The van der Waals surface area contributed by atoms with E-state index in [0.29, 0.717) is 17.5 Å². The molecule has 65 heavy (non-hydrogen) atoms. The minimum absolute atomic E-state index is 0.0886. The third-order valence-corrected chi connectivity index (χ3v) is 15.5. The van der Waals surface area contributed by atoms with Crippen molar-refractivity contribution >= 4 is 76.9 Å². The normalized spacial score (nSPS) is 11.7. The van der Waals surface area contributed by atoms with Gasteiger partial charge in [-0.15, -0.1) is 0 Å². The Morgan fingerprint density at radius 3 is 1.12 bits per heavy atom. The molecule has 0 N–H and O–H groups in total. The van der Waals surface area contributed by atoms with Crippen molar-refractivity contribution in [1.82, 2.24) is 15.0 Å². The molecule has 302 valence electrons. The standard InChI is InChI=1S/C61H37N3Se/c1-4-19-38(20-5-1)54-42-25-10-12-27-44(42)55(45-28-13-11-26-43(45)54)41-35-36-53-52(37-41)50-33-18-34-51(58(50)65-53)56-46-29-14-16-31-48(46)57(49-32-17-15-30-47(49)56)61-63-59(39-21-6-2-7-22-39)62-60(64-61)40-23-8-3-9-24-40/h1-37H. The number of rotatable bonds is 6. The van der Waals surface area contributed by atoms with Gasteiger partial charge in [0.15, 0.2) is 0 Å². The third kappa shape index (κ3) is 6.14. The van der Waals surface area contributed by atoms with E-state index in [9.17, 15) is 0 Å². The maximum absolute atomic E-state index is 5.26. The summed E-state index contributed by atoms with van der Waals surface area (Å²) < 4.78 is 2.83. The molecule has 0 aliphatic carbocycles. The zero-order valence-corrected chi connectivity index (χ0v) is 36.8. The van der Waals surface area contributed by atoms with Crippen LogP contribution in [0.15, 0.2) is 224 Å². The molecule has 2 aromatic heterocycles. The number of aromatic nitrogens is 3. The first-order valence-electron chi connectivity index (χ1n) is 22.0. The van der Waals surface area contributed by atoms with Crippen LogP contribution in [0.3, 0.4) is 0 Å². The molecule has 0 atom stereocenters. The van der Waals surface area contributed by atoms with Crippen LogP contribution in [0.25, 0.3) is 130 Å². The number of hydrogen-bond donors (Lipinski definition) is 0. The van der Waals surface area contributed by atoms with Gasteiger partial charge in [0.2, 0.25) is 0 Å². The van der Waals surface area contributed by atoms with Crippen LogP contribution in [-0.4, -0.2) is 29.5 Å². The molecule has 13 rings (SSSR count). The average Bonchev–Trinajstić information content (AvgIpc) is 3.76. The Labute approximate surface area is 381 Å². The summed E-state index contributed by atoms with van der Waals surface area (Å²) in [5.41, 5.74) is 10.5. The zero-order chi connectivity index (χ0) is 42.8. The van der Waals surface area contributed by atoms with Crippen LogP contribution in [0.2, 0.25) is 0 Å². The summed E-state index contributed by atoms with van der Waals surface area (Å²) in [6.07, 6.45) is 0. The molecule has 0 saturated carbocycles. The van der Waals surface area contributed by atoms with E-state index < -0.39 is 0 Å². The molecule has 13 aromatic rings. The molecule has 11 aromatic carbocycles. The minimum atomic E-state index is 0.0886. The molecule has 0 spiro atoms. The number of hydrogen-bond acceptors (Lipinski definition) is 3. The maximum atomic E-state index is 5.26. The number of nitrogens with zero attached hydrogens (tertiary/aromatic N) is 3. The molecule has 2 heterocycles. The molecule has 0 amide bonds. The van der Waals surface area contributed by atoms with Gasteiger partial charge in [-0.3, -0.25) is 0 Å². The Morgan fingerprint density at radius 2 is 0.631 bits per heavy atom. The zero-order valence-electron chi connectivity index (χ0n) is 35.1. The van der Waals surface area contributed by atoms with Gasteiger partial charge < -0.3 is 0 Å². The predicted molar refractivity (Wildman–Crippen MR) is 274 cm³/mol. The van der Waals surface area contributed by atoms with E-state index in [4.69, 9.17) is 15.0 Å². The summed E-state index contributed by atoms with van der Waals surface area (Å²) >= 11 is 0.0886. The van der Waals surface area contributed by atoms with Crippen LogP contribution in [0, 0.1) is 0 Å². The fourth-order valence-corrected chi connectivity index (χ4v) is 12.6. The van der Waals surface area contributed by atoms with E-state index in [1.54, 1.807) is 0 Å². The first-order valence-corrected chi connectivity index (χ1v) is 23.7. The molecule has 0 bridgehead atoms. The fraction of sp³-hybridized carbons (Fsp3) is 0. The van der Waals surface area contributed by atoms with E-state index >= 15 is 0 Å². The van der Waals surface area contributed by atoms with Crippen molar-refractivity contribution in [2.24, 2.45) is 0 Å². The van der Waals surface area contributed by atoms with Crippen LogP contribution in [0.1, 0.15) is 0 Å². The van der Waals surface area contributed by atoms with Crippen LogP contribution >= 0.6 is 0 Å². The van der Waals surface area contributed by atoms with Crippen molar-refractivity contribution in [3.05, 3.63) is 224 Å². The van der Waals surface area contributed by atoms with Gasteiger partial charge in [0, 0.05) is 0 Å². The predicted octanol–water partition coefficient (Wildman–Crippen LogP) is 15.8. The molecule has 0 aliphatic rings. The van der Waals surface area contributed by atoms with Crippen LogP contribution in [-0.2, 0) is 0 Å². The first-order chi connectivity index (χ1) is 32.3. The number of benzene rings is 11. The summed E-state index contributed by atoms with van der Waals surface area (Å²) in [4.78, 5) is 15.6. The number of fused-ring (bicyclic) bond motifs is 7. The molecule has 0 fully saturated rings. The van der Waals surface area contributed by atoms with E-state index in [1.165, 1.54) is 85.0 Å². The second-order valence-electron chi connectivity index (χ2n) is 16.6. The Kier molecular flexibility index (Phi) is 8.87. The van der Waals surface area contributed by atoms with Gasteiger partial charge in [-0.25, -0.2) is 0 Å². The summed E-state index contributed by atoms with van der Waals surface area (Å²) in [6.45, 7) is 0.